The smallest absolute Gasteiger partial charge is 0.288 e. The van der Waals surface area contributed by atoms with Crippen LogP contribution in [0.25, 0.3) is 0 Å². The first-order chi connectivity index (χ1) is 15.0. The molecule has 5 atom stereocenters. The second kappa shape index (κ2) is 11.1. The third-order valence-electron chi connectivity index (χ3n) is 4.82. The number of aliphatic hydroxyl groups excluding tert-OH is 3. The van der Waals surface area contributed by atoms with Crippen LogP contribution in [0.5, 0.6) is 0 Å². The van der Waals surface area contributed by atoms with E-state index in [1.54, 1.807) is 24.3 Å². The standard InChI is InChI=1S/C20H28ClN5O6/c1-10(28)24-16-13(25-20(22)23)7-15(32-18(16)17(30)14(29)9-27)19(31)26(2)8-11-5-3-4-6-12(11)21/h3-7,13-14,16-18,27,29-30H,8-9H2,1-2H3,(H,24,28)(H4,22,23,25)/t13-,14+,16+,17+,18+/m0/s1. The topological polar surface area (TPSA) is 184 Å². The van der Waals surface area contributed by atoms with Gasteiger partial charge in [0.05, 0.1) is 18.7 Å². The summed E-state index contributed by atoms with van der Waals surface area (Å²) in [5, 5.41) is 32.8. The minimum Gasteiger partial charge on any atom is -0.480 e. The highest BCUT2D eigenvalue weighted by molar-refractivity contribution is 6.31. The number of hydrogen-bond donors (Lipinski definition) is 6. The van der Waals surface area contributed by atoms with Gasteiger partial charge in [-0.15, -0.1) is 0 Å². The number of rotatable bonds is 8. The van der Waals surface area contributed by atoms with Crippen LogP contribution in [0.4, 0.5) is 0 Å². The normalized spacial score (nSPS) is 22.1. The summed E-state index contributed by atoms with van der Waals surface area (Å²) in [6.07, 6.45) is -3.29. The van der Waals surface area contributed by atoms with E-state index in [-0.39, 0.29) is 18.3 Å². The first-order valence-corrected chi connectivity index (χ1v) is 10.1. The number of carbonyl (C=O) groups is 2. The quantitative estimate of drug-likeness (QED) is 0.195. The Morgan fingerprint density at radius 2 is 1.97 bits per heavy atom. The van der Waals surface area contributed by atoms with Crippen LogP contribution in [0.1, 0.15) is 12.5 Å². The number of aliphatic imine (C=N–C) groups is 1. The van der Waals surface area contributed by atoms with E-state index in [9.17, 15) is 24.9 Å². The lowest BCUT2D eigenvalue weighted by Gasteiger charge is -2.39. The summed E-state index contributed by atoms with van der Waals surface area (Å²) in [5.41, 5.74) is 11.7. The Balaban J connectivity index is 2.40. The number of nitrogens with two attached hydrogens (primary N) is 2. The highest BCUT2D eigenvalue weighted by Gasteiger charge is 2.44. The molecule has 0 radical (unpaired) electrons. The van der Waals surface area contributed by atoms with Crippen LogP contribution in [0, 0.1) is 0 Å². The largest absolute Gasteiger partial charge is 0.480 e. The molecule has 1 aromatic rings. The summed E-state index contributed by atoms with van der Waals surface area (Å²) in [7, 11) is 1.53. The zero-order valence-corrected chi connectivity index (χ0v) is 18.4. The van der Waals surface area contributed by atoms with Crippen LogP contribution in [0.2, 0.25) is 5.02 Å². The second-order valence-electron chi connectivity index (χ2n) is 7.38. The van der Waals surface area contributed by atoms with Crippen LogP contribution >= 0.6 is 11.6 Å². The van der Waals surface area contributed by atoms with E-state index >= 15 is 0 Å². The Hall–Kier alpha value is -2.86. The highest BCUT2D eigenvalue weighted by Crippen LogP contribution is 2.26. The lowest BCUT2D eigenvalue weighted by atomic mass is 9.92. The maximum atomic E-state index is 13.1. The SMILES string of the molecule is CC(=O)N[C@H]1[C@H]([C@H](O)[C@H](O)CO)OC(C(=O)N(C)Cc2ccccc2Cl)=C[C@@H]1N=C(N)N. The van der Waals surface area contributed by atoms with Crippen LogP contribution in [0.15, 0.2) is 41.1 Å². The second-order valence-corrected chi connectivity index (χ2v) is 7.78. The molecule has 1 aliphatic rings. The van der Waals surface area contributed by atoms with Gasteiger partial charge in [0.25, 0.3) is 5.91 Å². The van der Waals surface area contributed by atoms with Crippen molar-refractivity contribution in [3.05, 3.63) is 46.7 Å². The summed E-state index contributed by atoms with van der Waals surface area (Å²) in [6.45, 7) is 0.619. The van der Waals surface area contributed by atoms with Crippen molar-refractivity contribution < 1.29 is 29.6 Å². The fourth-order valence-corrected chi connectivity index (χ4v) is 3.47. The molecule has 0 saturated heterocycles. The number of nitrogens with one attached hydrogen (secondary N) is 1. The van der Waals surface area contributed by atoms with Gasteiger partial charge in [0.2, 0.25) is 5.91 Å². The Kier molecular flexibility index (Phi) is 8.84. The van der Waals surface area contributed by atoms with E-state index in [1.807, 2.05) is 0 Å². The molecule has 1 heterocycles. The number of nitrogens with zero attached hydrogens (tertiary/aromatic N) is 2. The third kappa shape index (κ3) is 6.33. The van der Waals surface area contributed by atoms with Crippen molar-refractivity contribution in [2.75, 3.05) is 13.7 Å². The average Bonchev–Trinajstić information content (AvgIpc) is 2.74. The monoisotopic (exact) mass is 469 g/mol. The van der Waals surface area contributed by atoms with Crippen molar-refractivity contribution in [3.8, 4) is 0 Å². The fourth-order valence-electron chi connectivity index (χ4n) is 3.28. The van der Waals surface area contributed by atoms with Crippen molar-refractivity contribution in [2.24, 2.45) is 16.5 Å². The van der Waals surface area contributed by atoms with E-state index in [0.717, 1.165) is 0 Å². The van der Waals surface area contributed by atoms with Gasteiger partial charge in [-0.1, -0.05) is 29.8 Å². The molecule has 1 aromatic carbocycles. The maximum absolute atomic E-state index is 13.1. The predicted molar refractivity (Wildman–Crippen MR) is 117 cm³/mol. The number of aliphatic hydroxyl groups is 3. The molecule has 176 valence electrons. The maximum Gasteiger partial charge on any atom is 0.288 e. The number of hydrogen-bond acceptors (Lipinski definition) is 7. The van der Waals surface area contributed by atoms with E-state index in [4.69, 9.17) is 27.8 Å². The summed E-state index contributed by atoms with van der Waals surface area (Å²) in [6, 6.07) is 4.99. The highest BCUT2D eigenvalue weighted by atomic mass is 35.5. The van der Waals surface area contributed by atoms with Gasteiger partial charge in [0.1, 0.15) is 18.3 Å². The van der Waals surface area contributed by atoms with Crippen LogP contribution < -0.4 is 16.8 Å². The van der Waals surface area contributed by atoms with Gasteiger partial charge in [-0.2, -0.15) is 0 Å². The molecule has 1 aliphatic heterocycles. The zero-order valence-electron chi connectivity index (χ0n) is 17.7. The molecule has 2 rings (SSSR count). The lowest BCUT2D eigenvalue weighted by molar-refractivity contribution is -0.140. The number of benzene rings is 1. The van der Waals surface area contributed by atoms with E-state index in [1.165, 1.54) is 24.9 Å². The Labute approximate surface area is 190 Å². The minimum absolute atomic E-state index is 0.160. The Morgan fingerprint density at radius 3 is 2.53 bits per heavy atom. The first kappa shape index (κ1) is 25.4. The summed E-state index contributed by atoms with van der Waals surface area (Å²) >= 11 is 6.17. The number of carbonyl (C=O) groups excluding carboxylic acids is 2. The molecule has 0 aromatic heterocycles. The predicted octanol–water partition coefficient (Wildman–Crippen LogP) is -1.56. The molecule has 0 unspecified atom stereocenters. The summed E-state index contributed by atoms with van der Waals surface area (Å²) in [4.78, 5) is 30.2. The van der Waals surface area contributed by atoms with Crippen molar-refractivity contribution >= 4 is 29.4 Å². The van der Waals surface area contributed by atoms with Crippen molar-refractivity contribution in [1.82, 2.24) is 10.2 Å². The molecule has 12 heteroatoms. The van der Waals surface area contributed by atoms with E-state index in [0.29, 0.717) is 10.6 Å². The summed E-state index contributed by atoms with van der Waals surface area (Å²) in [5.74, 6) is -1.58. The van der Waals surface area contributed by atoms with Gasteiger partial charge >= 0.3 is 0 Å². The van der Waals surface area contributed by atoms with Gasteiger partial charge in [-0.3, -0.25) is 9.59 Å². The molecule has 11 nitrogen and oxygen atoms in total. The molecular weight excluding hydrogens is 442 g/mol. The van der Waals surface area contributed by atoms with Crippen LogP contribution in [0.3, 0.4) is 0 Å². The van der Waals surface area contributed by atoms with Crippen LogP contribution in [-0.2, 0) is 20.9 Å². The number of halogens is 1. The number of guanidine groups is 1. The Morgan fingerprint density at radius 1 is 1.31 bits per heavy atom. The van der Waals surface area contributed by atoms with Crippen LogP contribution in [-0.4, -0.2) is 82.0 Å². The lowest BCUT2D eigenvalue weighted by Crippen LogP contribution is -2.60. The molecular formula is C20H28ClN5O6. The molecule has 0 spiro atoms. The number of likely N-dealkylation sites (N-methyl/N-ethyl adjacent to an activating group) is 1. The fraction of sp³-hybridized carbons (Fsp3) is 0.450. The van der Waals surface area contributed by atoms with E-state index in [2.05, 4.69) is 10.3 Å². The summed E-state index contributed by atoms with van der Waals surface area (Å²) < 4.78 is 5.70. The molecule has 0 bridgehead atoms. The molecule has 8 N–H and O–H groups in total. The third-order valence-corrected chi connectivity index (χ3v) is 5.18. The molecule has 32 heavy (non-hydrogen) atoms. The number of amides is 2. The van der Waals surface area contributed by atoms with Gasteiger partial charge in [-0.25, -0.2) is 4.99 Å². The van der Waals surface area contributed by atoms with Gasteiger partial charge in [0, 0.05) is 25.5 Å². The van der Waals surface area contributed by atoms with Crippen molar-refractivity contribution in [2.45, 2.75) is 43.9 Å². The molecule has 2 amide bonds. The minimum atomic E-state index is -1.67. The molecule has 0 saturated carbocycles. The number of ether oxygens (including phenoxy) is 1. The van der Waals surface area contributed by atoms with Gasteiger partial charge in [-0.05, 0) is 17.7 Å². The molecule has 0 fully saturated rings. The Bertz CT molecular complexity index is 891. The molecule has 0 aliphatic carbocycles. The van der Waals surface area contributed by atoms with Crippen molar-refractivity contribution in [1.29, 1.82) is 0 Å². The van der Waals surface area contributed by atoms with Gasteiger partial charge < -0.3 is 41.7 Å². The van der Waals surface area contributed by atoms with Crippen molar-refractivity contribution in [3.63, 3.8) is 0 Å². The average molecular weight is 470 g/mol. The zero-order chi connectivity index (χ0) is 24.0. The first-order valence-electron chi connectivity index (χ1n) is 9.75. The van der Waals surface area contributed by atoms with E-state index < -0.39 is 48.8 Å². The van der Waals surface area contributed by atoms with Gasteiger partial charge in [0.15, 0.2) is 11.7 Å².